The molecule has 0 saturated carbocycles. The number of carbonyl (C=O) groups is 1. The van der Waals surface area contributed by atoms with E-state index in [-0.39, 0.29) is 5.91 Å². The van der Waals surface area contributed by atoms with Crippen molar-refractivity contribution in [1.82, 2.24) is 20.2 Å². The quantitative estimate of drug-likeness (QED) is 0.507. The molecule has 0 unspecified atom stereocenters. The molecule has 1 N–H and O–H groups in total. The van der Waals surface area contributed by atoms with Crippen LogP contribution >= 0.6 is 23.2 Å². The SMILES string of the molecule is O=C(NN1CCCCC1)c1nn(-c2ccc(Cl)cc2)c2c1Cc1cc(Cl)ccc1-2. The first-order valence-electron chi connectivity index (χ1n) is 9.83. The van der Waals surface area contributed by atoms with Crippen molar-refractivity contribution in [2.45, 2.75) is 25.7 Å². The molecule has 5 rings (SSSR count). The van der Waals surface area contributed by atoms with E-state index in [0.29, 0.717) is 22.2 Å². The average molecular weight is 427 g/mol. The number of benzene rings is 2. The molecule has 1 saturated heterocycles. The van der Waals surface area contributed by atoms with E-state index in [1.807, 2.05) is 52.2 Å². The molecule has 1 aromatic heterocycles. The van der Waals surface area contributed by atoms with Crippen LogP contribution in [0.3, 0.4) is 0 Å². The lowest BCUT2D eigenvalue weighted by atomic mass is 10.1. The number of hydrogen-bond acceptors (Lipinski definition) is 3. The predicted octanol–water partition coefficient (Wildman–Crippen LogP) is 4.88. The second-order valence-electron chi connectivity index (χ2n) is 7.53. The Morgan fingerprint density at radius 2 is 1.69 bits per heavy atom. The summed E-state index contributed by atoms with van der Waals surface area (Å²) in [5.74, 6) is -0.158. The number of hydrogen-bond donors (Lipinski definition) is 1. The fourth-order valence-corrected chi connectivity index (χ4v) is 4.50. The third-order valence-corrected chi connectivity index (χ3v) is 6.06. The topological polar surface area (TPSA) is 50.2 Å². The molecule has 0 bridgehead atoms. The number of aromatic nitrogens is 2. The van der Waals surface area contributed by atoms with Crippen LogP contribution in [0, 0.1) is 0 Å². The molecular weight excluding hydrogens is 407 g/mol. The number of carbonyl (C=O) groups excluding carboxylic acids is 1. The van der Waals surface area contributed by atoms with Crippen LogP contribution in [0.25, 0.3) is 16.9 Å². The van der Waals surface area contributed by atoms with E-state index in [0.717, 1.165) is 54.0 Å². The summed E-state index contributed by atoms with van der Waals surface area (Å²) in [7, 11) is 0. The van der Waals surface area contributed by atoms with Gasteiger partial charge in [-0.25, -0.2) is 9.69 Å². The third kappa shape index (κ3) is 3.44. The predicted molar refractivity (Wildman–Crippen MR) is 115 cm³/mol. The number of halogens is 2. The fourth-order valence-electron chi connectivity index (χ4n) is 4.18. The van der Waals surface area contributed by atoms with Gasteiger partial charge in [0.05, 0.1) is 11.4 Å². The van der Waals surface area contributed by atoms with Gasteiger partial charge in [-0.1, -0.05) is 35.7 Å². The molecule has 2 heterocycles. The second-order valence-corrected chi connectivity index (χ2v) is 8.40. The monoisotopic (exact) mass is 426 g/mol. The molecule has 1 aliphatic heterocycles. The molecule has 5 nitrogen and oxygen atoms in total. The van der Waals surface area contributed by atoms with Gasteiger partial charge < -0.3 is 0 Å². The van der Waals surface area contributed by atoms with Crippen LogP contribution in [0.2, 0.25) is 10.0 Å². The number of nitrogens with zero attached hydrogens (tertiary/aromatic N) is 3. The molecular formula is C22H20Cl2N4O. The molecule has 1 fully saturated rings. The summed E-state index contributed by atoms with van der Waals surface area (Å²) in [6.45, 7) is 1.75. The van der Waals surface area contributed by atoms with Crippen LogP contribution in [-0.4, -0.2) is 33.8 Å². The lowest BCUT2D eigenvalue weighted by molar-refractivity contribution is 0.0743. The number of fused-ring (bicyclic) bond motifs is 3. The van der Waals surface area contributed by atoms with Crippen LogP contribution in [0.4, 0.5) is 0 Å². The largest absolute Gasteiger partial charge is 0.286 e. The Balaban J connectivity index is 1.58. The number of rotatable bonds is 3. The normalized spacial score (nSPS) is 15.8. The maximum atomic E-state index is 13.1. The van der Waals surface area contributed by atoms with Gasteiger partial charge in [0.2, 0.25) is 0 Å². The van der Waals surface area contributed by atoms with Gasteiger partial charge in [-0.3, -0.25) is 10.2 Å². The van der Waals surface area contributed by atoms with Crippen molar-refractivity contribution in [2.24, 2.45) is 0 Å². The van der Waals surface area contributed by atoms with Crippen LogP contribution in [0.5, 0.6) is 0 Å². The van der Waals surface area contributed by atoms with Gasteiger partial charge in [0.1, 0.15) is 0 Å². The summed E-state index contributed by atoms with van der Waals surface area (Å²) < 4.78 is 1.84. The Bertz CT molecular complexity index is 1080. The minimum absolute atomic E-state index is 0.158. The van der Waals surface area contributed by atoms with Crippen molar-refractivity contribution in [3.05, 3.63) is 69.3 Å². The molecule has 3 aromatic rings. The van der Waals surface area contributed by atoms with Gasteiger partial charge in [-0.2, -0.15) is 5.10 Å². The molecule has 0 spiro atoms. The van der Waals surface area contributed by atoms with Crippen molar-refractivity contribution in [1.29, 1.82) is 0 Å². The Labute approximate surface area is 179 Å². The minimum atomic E-state index is -0.158. The Morgan fingerprint density at radius 3 is 2.45 bits per heavy atom. The molecule has 1 aliphatic carbocycles. The molecule has 1 amide bonds. The van der Waals surface area contributed by atoms with Gasteiger partial charge >= 0.3 is 0 Å². The maximum Gasteiger partial charge on any atom is 0.286 e. The van der Waals surface area contributed by atoms with Crippen molar-refractivity contribution in [2.75, 3.05) is 13.1 Å². The highest BCUT2D eigenvalue weighted by atomic mass is 35.5. The van der Waals surface area contributed by atoms with Gasteiger partial charge in [0.25, 0.3) is 5.91 Å². The number of amides is 1. The van der Waals surface area contributed by atoms with Crippen molar-refractivity contribution in [3.63, 3.8) is 0 Å². The number of piperidine rings is 1. The van der Waals surface area contributed by atoms with Crippen molar-refractivity contribution < 1.29 is 4.79 Å². The maximum absolute atomic E-state index is 13.1. The lowest BCUT2D eigenvalue weighted by Crippen LogP contribution is -2.45. The summed E-state index contributed by atoms with van der Waals surface area (Å²) >= 11 is 12.3. The van der Waals surface area contributed by atoms with Gasteiger partial charge in [0, 0.05) is 40.7 Å². The summed E-state index contributed by atoms with van der Waals surface area (Å²) in [4.78, 5) is 13.1. The van der Waals surface area contributed by atoms with Gasteiger partial charge in [0.15, 0.2) is 5.69 Å². The Hall–Kier alpha value is -2.34. The van der Waals surface area contributed by atoms with Gasteiger partial charge in [-0.05, 0) is 54.8 Å². The molecule has 0 atom stereocenters. The van der Waals surface area contributed by atoms with E-state index in [9.17, 15) is 4.79 Å². The molecule has 2 aliphatic rings. The average Bonchev–Trinajstić information content (AvgIpc) is 3.26. The highest BCUT2D eigenvalue weighted by Crippen LogP contribution is 2.41. The molecule has 7 heteroatoms. The van der Waals surface area contributed by atoms with E-state index in [4.69, 9.17) is 28.3 Å². The molecule has 2 aromatic carbocycles. The van der Waals surface area contributed by atoms with E-state index < -0.39 is 0 Å². The number of nitrogens with one attached hydrogen (secondary N) is 1. The summed E-state index contributed by atoms with van der Waals surface area (Å²) in [5, 5.41) is 8.07. The summed E-state index contributed by atoms with van der Waals surface area (Å²) in [5.41, 5.74) is 8.43. The highest BCUT2D eigenvalue weighted by molar-refractivity contribution is 6.31. The van der Waals surface area contributed by atoms with Crippen molar-refractivity contribution in [3.8, 4) is 16.9 Å². The smallest absolute Gasteiger partial charge is 0.283 e. The Morgan fingerprint density at radius 1 is 0.966 bits per heavy atom. The first-order valence-corrected chi connectivity index (χ1v) is 10.6. The van der Waals surface area contributed by atoms with Crippen LogP contribution in [-0.2, 0) is 6.42 Å². The minimum Gasteiger partial charge on any atom is -0.283 e. The van der Waals surface area contributed by atoms with E-state index in [1.165, 1.54) is 6.42 Å². The van der Waals surface area contributed by atoms with Gasteiger partial charge in [-0.15, -0.1) is 0 Å². The van der Waals surface area contributed by atoms with Crippen LogP contribution in [0.1, 0.15) is 40.9 Å². The number of hydrazine groups is 1. The van der Waals surface area contributed by atoms with E-state index >= 15 is 0 Å². The fraction of sp³-hybridized carbons (Fsp3) is 0.273. The highest BCUT2D eigenvalue weighted by Gasteiger charge is 2.31. The first-order chi connectivity index (χ1) is 14.1. The molecule has 29 heavy (non-hydrogen) atoms. The van der Waals surface area contributed by atoms with Crippen LogP contribution < -0.4 is 5.43 Å². The van der Waals surface area contributed by atoms with E-state index in [2.05, 4.69) is 5.43 Å². The summed E-state index contributed by atoms with van der Waals surface area (Å²) in [6, 6.07) is 13.3. The lowest BCUT2D eigenvalue weighted by Gasteiger charge is -2.26. The van der Waals surface area contributed by atoms with Crippen LogP contribution in [0.15, 0.2) is 42.5 Å². The zero-order valence-electron chi connectivity index (χ0n) is 15.8. The zero-order valence-corrected chi connectivity index (χ0v) is 17.3. The van der Waals surface area contributed by atoms with Crippen molar-refractivity contribution >= 4 is 29.1 Å². The Kier molecular flexibility index (Phi) is 4.82. The second kappa shape index (κ2) is 7.48. The zero-order chi connectivity index (χ0) is 20.0. The molecule has 148 valence electrons. The standard InChI is InChI=1S/C22H20Cl2N4O/c23-15-4-7-17(8-5-15)28-21-18-9-6-16(24)12-14(18)13-19(21)20(25-28)22(29)26-27-10-2-1-3-11-27/h4-9,12H,1-3,10-11,13H2,(H,26,29). The van der Waals surface area contributed by atoms with E-state index in [1.54, 1.807) is 0 Å². The summed E-state index contributed by atoms with van der Waals surface area (Å²) in [6.07, 6.45) is 4.05. The third-order valence-electron chi connectivity index (χ3n) is 5.58. The molecule has 0 radical (unpaired) electrons. The first kappa shape index (κ1) is 18.7.